The van der Waals surface area contributed by atoms with Crippen molar-refractivity contribution in [3.63, 3.8) is 0 Å². The molecular formula is C17H21NO3. The van der Waals surface area contributed by atoms with Crippen molar-refractivity contribution in [3.05, 3.63) is 40.2 Å². The number of piperidine rings is 1. The van der Waals surface area contributed by atoms with E-state index in [2.05, 4.69) is 4.90 Å². The molecule has 3 rings (SSSR count). The molecule has 4 nitrogen and oxygen atoms in total. The number of hydrogen-bond donors (Lipinski definition) is 0. The van der Waals surface area contributed by atoms with Crippen LogP contribution in [-0.2, 0) is 6.54 Å². The summed E-state index contributed by atoms with van der Waals surface area (Å²) in [6.07, 6.45) is 3.79. The smallest absolute Gasteiger partial charge is 0.336 e. The van der Waals surface area contributed by atoms with Gasteiger partial charge in [0.15, 0.2) is 0 Å². The van der Waals surface area contributed by atoms with Gasteiger partial charge in [0.1, 0.15) is 11.3 Å². The van der Waals surface area contributed by atoms with Crippen molar-refractivity contribution in [2.24, 2.45) is 0 Å². The number of ether oxygens (including phenoxy) is 1. The zero-order valence-corrected chi connectivity index (χ0v) is 12.4. The van der Waals surface area contributed by atoms with Crippen molar-refractivity contribution in [2.75, 3.05) is 19.7 Å². The van der Waals surface area contributed by atoms with Crippen LogP contribution in [0.2, 0.25) is 0 Å². The van der Waals surface area contributed by atoms with Crippen LogP contribution in [0, 0.1) is 0 Å². The molecule has 0 radical (unpaired) electrons. The van der Waals surface area contributed by atoms with Crippen molar-refractivity contribution >= 4 is 11.0 Å². The Labute approximate surface area is 124 Å². The Morgan fingerprint density at radius 1 is 1.19 bits per heavy atom. The molecule has 1 aliphatic rings. The molecule has 4 heteroatoms. The molecule has 1 aromatic carbocycles. The van der Waals surface area contributed by atoms with Crippen LogP contribution in [0.4, 0.5) is 0 Å². The van der Waals surface area contributed by atoms with Gasteiger partial charge >= 0.3 is 5.63 Å². The fraction of sp³-hybridized carbons (Fsp3) is 0.471. The quantitative estimate of drug-likeness (QED) is 0.810. The Hall–Kier alpha value is -1.81. The Balaban J connectivity index is 1.97. The monoisotopic (exact) mass is 287 g/mol. The van der Waals surface area contributed by atoms with Gasteiger partial charge in [-0.2, -0.15) is 0 Å². The molecule has 1 fully saturated rings. The Bertz CT molecular complexity index is 671. The van der Waals surface area contributed by atoms with Crippen LogP contribution in [0.1, 0.15) is 31.7 Å². The normalized spacial score (nSPS) is 16.2. The van der Waals surface area contributed by atoms with E-state index in [-0.39, 0.29) is 5.63 Å². The fourth-order valence-corrected chi connectivity index (χ4v) is 2.95. The average molecular weight is 287 g/mol. The lowest BCUT2D eigenvalue weighted by atomic mass is 10.1. The lowest BCUT2D eigenvalue weighted by molar-refractivity contribution is 0.221. The summed E-state index contributed by atoms with van der Waals surface area (Å²) in [6.45, 7) is 5.60. The summed E-state index contributed by atoms with van der Waals surface area (Å²) in [5.74, 6) is 0.818. The molecule has 0 aliphatic carbocycles. The van der Waals surface area contributed by atoms with Gasteiger partial charge in [-0.05, 0) is 56.6 Å². The average Bonchev–Trinajstić information content (AvgIpc) is 2.49. The van der Waals surface area contributed by atoms with Crippen molar-refractivity contribution in [1.82, 2.24) is 4.90 Å². The molecule has 0 saturated carbocycles. The maximum Gasteiger partial charge on any atom is 0.336 e. The number of nitrogens with zero attached hydrogens (tertiary/aromatic N) is 1. The minimum Gasteiger partial charge on any atom is -0.494 e. The van der Waals surface area contributed by atoms with E-state index in [1.54, 1.807) is 6.07 Å². The molecule has 0 bridgehead atoms. The molecule has 2 heterocycles. The van der Waals surface area contributed by atoms with E-state index < -0.39 is 0 Å². The molecule has 112 valence electrons. The molecule has 21 heavy (non-hydrogen) atoms. The van der Waals surface area contributed by atoms with E-state index in [4.69, 9.17) is 9.15 Å². The van der Waals surface area contributed by atoms with E-state index >= 15 is 0 Å². The minimum atomic E-state index is -0.279. The summed E-state index contributed by atoms with van der Waals surface area (Å²) >= 11 is 0. The lowest BCUT2D eigenvalue weighted by Gasteiger charge is -2.26. The second-order valence-corrected chi connectivity index (χ2v) is 5.52. The van der Waals surface area contributed by atoms with Gasteiger partial charge in [-0.3, -0.25) is 4.90 Å². The molecule has 2 aromatic rings. The van der Waals surface area contributed by atoms with Crippen LogP contribution in [0.25, 0.3) is 11.0 Å². The maximum atomic E-state index is 11.7. The molecule has 0 spiro atoms. The van der Waals surface area contributed by atoms with Crippen molar-refractivity contribution in [2.45, 2.75) is 32.7 Å². The zero-order chi connectivity index (χ0) is 14.7. The van der Waals surface area contributed by atoms with Gasteiger partial charge in [-0.1, -0.05) is 6.42 Å². The third kappa shape index (κ3) is 3.27. The van der Waals surface area contributed by atoms with Gasteiger partial charge in [0, 0.05) is 18.0 Å². The molecule has 0 unspecified atom stereocenters. The summed E-state index contributed by atoms with van der Waals surface area (Å²) in [4.78, 5) is 14.1. The fourth-order valence-electron chi connectivity index (χ4n) is 2.95. The molecule has 1 aliphatic heterocycles. The van der Waals surface area contributed by atoms with Crippen LogP contribution in [0.3, 0.4) is 0 Å². The highest BCUT2D eigenvalue weighted by atomic mass is 16.5. The van der Waals surface area contributed by atoms with Gasteiger partial charge in [-0.15, -0.1) is 0 Å². The van der Waals surface area contributed by atoms with Crippen molar-refractivity contribution in [1.29, 1.82) is 0 Å². The van der Waals surface area contributed by atoms with E-state index in [0.29, 0.717) is 12.2 Å². The largest absolute Gasteiger partial charge is 0.494 e. The summed E-state index contributed by atoms with van der Waals surface area (Å²) in [7, 11) is 0. The van der Waals surface area contributed by atoms with E-state index in [1.807, 2.05) is 25.1 Å². The van der Waals surface area contributed by atoms with Crippen LogP contribution in [0.5, 0.6) is 5.75 Å². The van der Waals surface area contributed by atoms with Gasteiger partial charge in [-0.25, -0.2) is 4.79 Å². The van der Waals surface area contributed by atoms with Gasteiger partial charge in [0.2, 0.25) is 0 Å². The summed E-state index contributed by atoms with van der Waals surface area (Å²) in [6, 6.07) is 7.26. The molecule has 0 atom stereocenters. The number of rotatable bonds is 4. The summed E-state index contributed by atoms with van der Waals surface area (Å²) < 4.78 is 10.9. The molecule has 0 N–H and O–H groups in total. The molecule has 1 aromatic heterocycles. The second-order valence-electron chi connectivity index (χ2n) is 5.52. The van der Waals surface area contributed by atoms with Crippen molar-refractivity contribution < 1.29 is 9.15 Å². The highest BCUT2D eigenvalue weighted by molar-refractivity contribution is 5.81. The van der Waals surface area contributed by atoms with Gasteiger partial charge in [0.25, 0.3) is 0 Å². The molecule has 0 amide bonds. The maximum absolute atomic E-state index is 11.7. The van der Waals surface area contributed by atoms with E-state index in [0.717, 1.165) is 36.3 Å². The van der Waals surface area contributed by atoms with Crippen molar-refractivity contribution in [3.8, 4) is 5.75 Å². The first-order valence-corrected chi connectivity index (χ1v) is 7.68. The first kappa shape index (κ1) is 14.1. The Morgan fingerprint density at radius 2 is 2.00 bits per heavy atom. The summed E-state index contributed by atoms with van der Waals surface area (Å²) in [5, 5.41) is 0.978. The number of likely N-dealkylation sites (tertiary alicyclic amines) is 1. The van der Waals surface area contributed by atoms with Gasteiger partial charge < -0.3 is 9.15 Å². The second kappa shape index (κ2) is 6.31. The predicted molar refractivity (Wildman–Crippen MR) is 82.8 cm³/mol. The number of hydrogen-bond acceptors (Lipinski definition) is 4. The number of fused-ring (bicyclic) bond motifs is 1. The van der Waals surface area contributed by atoms with Crippen LogP contribution in [-0.4, -0.2) is 24.6 Å². The highest BCUT2D eigenvalue weighted by Crippen LogP contribution is 2.24. The topological polar surface area (TPSA) is 42.7 Å². The molecule has 1 saturated heterocycles. The minimum absolute atomic E-state index is 0.279. The molecular weight excluding hydrogens is 266 g/mol. The third-order valence-electron chi connectivity index (χ3n) is 3.95. The standard InChI is InChI=1S/C17H21NO3/c1-2-20-14-6-7-16-15(11-14)13(10-17(19)21-16)12-18-8-4-3-5-9-18/h6-7,10-11H,2-5,8-9,12H2,1H3. The van der Waals surface area contributed by atoms with Crippen LogP contribution in [0.15, 0.2) is 33.5 Å². The Kier molecular flexibility index (Phi) is 4.25. The first-order chi connectivity index (χ1) is 10.3. The third-order valence-corrected chi connectivity index (χ3v) is 3.95. The van der Waals surface area contributed by atoms with Crippen LogP contribution < -0.4 is 10.4 Å². The van der Waals surface area contributed by atoms with E-state index in [9.17, 15) is 4.79 Å². The number of benzene rings is 1. The SMILES string of the molecule is CCOc1ccc2oc(=O)cc(CN3CCCCC3)c2c1. The highest BCUT2D eigenvalue weighted by Gasteiger charge is 2.14. The lowest BCUT2D eigenvalue weighted by Crippen LogP contribution is -2.29. The summed E-state index contributed by atoms with van der Waals surface area (Å²) in [5.41, 5.74) is 1.39. The Morgan fingerprint density at radius 3 is 2.76 bits per heavy atom. The van der Waals surface area contributed by atoms with Gasteiger partial charge in [0.05, 0.1) is 6.61 Å². The first-order valence-electron chi connectivity index (χ1n) is 7.68. The van der Waals surface area contributed by atoms with Crippen LogP contribution >= 0.6 is 0 Å². The zero-order valence-electron chi connectivity index (χ0n) is 12.4. The van der Waals surface area contributed by atoms with E-state index in [1.165, 1.54) is 19.3 Å². The predicted octanol–water partition coefficient (Wildman–Crippen LogP) is 3.18.